The van der Waals surface area contributed by atoms with E-state index >= 15 is 0 Å². The molecule has 5 nitrogen and oxygen atoms in total. The van der Waals surface area contributed by atoms with Gasteiger partial charge in [0.05, 0.1) is 6.21 Å². The standard InChI is InChI=1S/C17H19N3O2/c1-12(2)10-18-16(21)17(22)20-19-11-14-8-5-7-13-6-3-4-9-15(13)14/h3-9,11-12H,10H2,1-2H3,(H,18,21)(H,20,22)/b19-11-. The van der Waals surface area contributed by atoms with Crippen LogP contribution in [-0.4, -0.2) is 24.6 Å². The van der Waals surface area contributed by atoms with Gasteiger partial charge in [-0.25, -0.2) is 5.43 Å². The van der Waals surface area contributed by atoms with E-state index in [0.29, 0.717) is 6.54 Å². The van der Waals surface area contributed by atoms with Crippen LogP contribution in [0.5, 0.6) is 0 Å². The summed E-state index contributed by atoms with van der Waals surface area (Å²) in [5, 5.41) is 8.51. The van der Waals surface area contributed by atoms with E-state index in [1.54, 1.807) is 0 Å². The summed E-state index contributed by atoms with van der Waals surface area (Å²) in [4.78, 5) is 23.1. The van der Waals surface area contributed by atoms with E-state index in [9.17, 15) is 9.59 Å². The van der Waals surface area contributed by atoms with Crippen molar-refractivity contribution in [3.63, 3.8) is 0 Å². The molecule has 0 radical (unpaired) electrons. The van der Waals surface area contributed by atoms with Crippen molar-refractivity contribution in [2.75, 3.05) is 6.54 Å². The summed E-state index contributed by atoms with van der Waals surface area (Å²) in [6.07, 6.45) is 1.54. The smallest absolute Gasteiger partial charge is 0.329 e. The van der Waals surface area contributed by atoms with Crippen molar-refractivity contribution in [2.24, 2.45) is 11.0 Å². The lowest BCUT2D eigenvalue weighted by atomic mass is 10.1. The largest absolute Gasteiger partial charge is 0.348 e. The third kappa shape index (κ3) is 4.15. The maximum absolute atomic E-state index is 11.6. The fourth-order valence-electron chi connectivity index (χ4n) is 1.95. The van der Waals surface area contributed by atoms with Gasteiger partial charge in [-0.15, -0.1) is 0 Å². The molecule has 114 valence electrons. The molecule has 2 rings (SSSR count). The summed E-state index contributed by atoms with van der Waals surface area (Å²) >= 11 is 0. The molecule has 0 aliphatic rings. The Morgan fingerprint density at radius 2 is 1.82 bits per heavy atom. The van der Waals surface area contributed by atoms with Crippen LogP contribution in [0.15, 0.2) is 47.6 Å². The maximum Gasteiger partial charge on any atom is 0.329 e. The number of fused-ring (bicyclic) bond motifs is 1. The highest BCUT2D eigenvalue weighted by atomic mass is 16.2. The van der Waals surface area contributed by atoms with E-state index in [1.807, 2.05) is 56.3 Å². The molecule has 0 saturated heterocycles. The van der Waals surface area contributed by atoms with Crippen molar-refractivity contribution in [3.05, 3.63) is 48.0 Å². The van der Waals surface area contributed by atoms with E-state index in [-0.39, 0.29) is 5.92 Å². The number of amides is 2. The molecule has 0 fully saturated rings. The molecular formula is C17H19N3O2. The second kappa shape index (κ2) is 7.36. The molecule has 0 spiro atoms. The topological polar surface area (TPSA) is 70.6 Å². The molecule has 5 heteroatoms. The Kier molecular flexibility index (Phi) is 5.25. The van der Waals surface area contributed by atoms with Crippen LogP contribution in [0.2, 0.25) is 0 Å². The van der Waals surface area contributed by atoms with E-state index in [0.717, 1.165) is 16.3 Å². The normalized spacial score (nSPS) is 11.0. The van der Waals surface area contributed by atoms with Crippen molar-refractivity contribution in [2.45, 2.75) is 13.8 Å². The van der Waals surface area contributed by atoms with E-state index in [4.69, 9.17) is 0 Å². The number of nitrogens with zero attached hydrogens (tertiary/aromatic N) is 1. The van der Waals surface area contributed by atoms with Gasteiger partial charge in [-0.2, -0.15) is 5.10 Å². The van der Waals surface area contributed by atoms with E-state index in [1.165, 1.54) is 6.21 Å². The van der Waals surface area contributed by atoms with Crippen molar-refractivity contribution in [3.8, 4) is 0 Å². The number of benzene rings is 2. The van der Waals surface area contributed by atoms with Crippen LogP contribution in [0.25, 0.3) is 10.8 Å². The Hall–Kier alpha value is -2.69. The van der Waals surface area contributed by atoms with Gasteiger partial charge in [0.1, 0.15) is 0 Å². The third-order valence-electron chi connectivity index (χ3n) is 3.07. The Balaban J connectivity index is 2.00. The van der Waals surface area contributed by atoms with Gasteiger partial charge in [0.2, 0.25) is 0 Å². The minimum absolute atomic E-state index is 0.288. The molecule has 0 heterocycles. The molecule has 0 saturated carbocycles. The molecule has 22 heavy (non-hydrogen) atoms. The van der Waals surface area contributed by atoms with Crippen LogP contribution in [0.3, 0.4) is 0 Å². The quantitative estimate of drug-likeness (QED) is 0.515. The number of hydrogen-bond acceptors (Lipinski definition) is 3. The number of nitrogens with one attached hydrogen (secondary N) is 2. The second-order valence-corrected chi connectivity index (χ2v) is 5.37. The van der Waals surface area contributed by atoms with Crippen LogP contribution in [0.1, 0.15) is 19.4 Å². The predicted octanol–water partition coefficient (Wildman–Crippen LogP) is 2.06. The van der Waals surface area contributed by atoms with Gasteiger partial charge >= 0.3 is 11.8 Å². The summed E-state index contributed by atoms with van der Waals surface area (Å²) in [5.41, 5.74) is 3.11. The highest BCUT2D eigenvalue weighted by Gasteiger charge is 2.12. The van der Waals surface area contributed by atoms with Crippen molar-refractivity contribution in [1.82, 2.24) is 10.7 Å². The fraction of sp³-hybridized carbons (Fsp3) is 0.235. The SMILES string of the molecule is CC(C)CNC(=O)C(=O)N/N=C\c1cccc2ccccc12. The molecule has 0 aromatic heterocycles. The van der Waals surface area contributed by atoms with Gasteiger partial charge in [-0.05, 0) is 16.7 Å². The van der Waals surface area contributed by atoms with E-state index in [2.05, 4.69) is 15.8 Å². The van der Waals surface area contributed by atoms with Crippen LogP contribution in [-0.2, 0) is 9.59 Å². The average Bonchev–Trinajstić information content (AvgIpc) is 2.52. The first-order valence-electron chi connectivity index (χ1n) is 7.17. The first kappa shape index (κ1) is 15.7. The first-order valence-corrected chi connectivity index (χ1v) is 7.17. The minimum atomic E-state index is -0.767. The zero-order valence-electron chi connectivity index (χ0n) is 12.7. The average molecular weight is 297 g/mol. The molecule has 0 aliphatic heterocycles. The minimum Gasteiger partial charge on any atom is -0.348 e. The molecule has 0 aliphatic carbocycles. The molecule has 0 unspecified atom stereocenters. The zero-order chi connectivity index (χ0) is 15.9. The highest BCUT2D eigenvalue weighted by Crippen LogP contribution is 2.16. The number of carbonyl (C=O) groups is 2. The van der Waals surface area contributed by atoms with Gasteiger partial charge in [0.15, 0.2) is 0 Å². The zero-order valence-corrected chi connectivity index (χ0v) is 12.7. The molecule has 0 bridgehead atoms. The predicted molar refractivity (Wildman–Crippen MR) is 87.5 cm³/mol. The van der Waals surface area contributed by atoms with Crippen LogP contribution in [0, 0.1) is 5.92 Å². The summed E-state index contributed by atoms with van der Waals surface area (Å²) in [6, 6.07) is 13.7. The van der Waals surface area contributed by atoms with Crippen molar-refractivity contribution >= 4 is 28.8 Å². The lowest BCUT2D eigenvalue weighted by Crippen LogP contribution is -2.39. The van der Waals surface area contributed by atoms with Gasteiger partial charge in [-0.1, -0.05) is 56.3 Å². The summed E-state index contributed by atoms with van der Waals surface area (Å²) in [7, 11) is 0. The summed E-state index contributed by atoms with van der Waals surface area (Å²) < 4.78 is 0. The third-order valence-corrected chi connectivity index (χ3v) is 3.07. The lowest BCUT2D eigenvalue weighted by molar-refractivity contribution is -0.139. The molecule has 2 aromatic rings. The number of carbonyl (C=O) groups excluding carboxylic acids is 2. The van der Waals surface area contributed by atoms with Crippen molar-refractivity contribution < 1.29 is 9.59 Å². The van der Waals surface area contributed by atoms with Gasteiger partial charge in [-0.3, -0.25) is 9.59 Å². The Labute approximate surface area is 129 Å². The van der Waals surface area contributed by atoms with Crippen LogP contribution >= 0.6 is 0 Å². The van der Waals surface area contributed by atoms with Crippen LogP contribution < -0.4 is 10.7 Å². The van der Waals surface area contributed by atoms with Gasteiger partial charge in [0, 0.05) is 12.1 Å². The summed E-state index contributed by atoms with van der Waals surface area (Å²) in [5.74, 6) is -1.16. The van der Waals surface area contributed by atoms with E-state index < -0.39 is 11.8 Å². The lowest BCUT2D eigenvalue weighted by Gasteiger charge is -2.06. The molecule has 2 amide bonds. The molecule has 2 N–H and O–H groups in total. The first-order chi connectivity index (χ1) is 10.6. The Morgan fingerprint density at radius 3 is 2.59 bits per heavy atom. The van der Waals surface area contributed by atoms with Crippen LogP contribution in [0.4, 0.5) is 0 Å². The summed E-state index contributed by atoms with van der Waals surface area (Å²) in [6.45, 7) is 4.37. The molecule has 2 aromatic carbocycles. The number of rotatable bonds is 4. The maximum atomic E-state index is 11.6. The molecule has 0 atom stereocenters. The van der Waals surface area contributed by atoms with Gasteiger partial charge in [0.25, 0.3) is 0 Å². The van der Waals surface area contributed by atoms with Gasteiger partial charge < -0.3 is 5.32 Å². The number of hydrogen-bond donors (Lipinski definition) is 2. The molecular weight excluding hydrogens is 278 g/mol. The van der Waals surface area contributed by atoms with Crippen molar-refractivity contribution in [1.29, 1.82) is 0 Å². The number of hydrazone groups is 1. The second-order valence-electron chi connectivity index (χ2n) is 5.37. The fourth-order valence-corrected chi connectivity index (χ4v) is 1.95. The Bertz CT molecular complexity index is 703. The Morgan fingerprint density at radius 1 is 1.09 bits per heavy atom. The highest BCUT2D eigenvalue weighted by molar-refractivity contribution is 6.35. The monoisotopic (exact) mass is 297 g/mol.